The Balaban J connectivity index is 1.80. The summed E-state index contributed by atoms with van der Waals surface area (Å²) in [5, 5.41) is 0. The Labute approximate surface area is 101 Å². The highest BCUT2D eigenvalue weighted by atomic mass is 16.7. The predicted octanol–water partition coefficient (Wildman–Crippen LogP) is 1.62. The molecule has 0 unspecified atom stereocenters. The van der Waals surface area contributed by atoms with Crippen LogP contribution in [0.1, 0.15) is 36.0 Å². The molecule has 0 aromatic heterocycles. The molecule has 92 valence electrons. The number of hydrogen-bond donors (Lipinski definition) is 2. The summed E-state index contributed by atoms with van der Waals surface area (Å²) >= 11 is 0. The van der Waals surface area contributed by atoms with Gasteiger partial charge in [-0.15, -0.1) is 5.48 Å². The number of hydroxylamine groups is 1. The van der Waals surface area contributed by atoms with Crippen molar-refractivity contribution in [1.29, 1.82) is 0 Å². The van der Waals surface area contributed by atoms with Gasteiger partial charge in [0, 0.05) is 12.1 Å². The highest BCUT2D eigenvalue weighted by molar-refractivity contribution is 5.89. The first kappa shape index (κ1) is 12.1. The smallest absolute Gasteiger partial charge is 0.356 e. The Morgan fingerprint density at radius 3 is 2.76 bits per heavy atom. The summed E-state index contributed by atoms with van der Waals surface area (Å²) in [5.74, 6) is -0.343. The van der Waals surface area contributed by atoms with Crippen molar-refractivity contribution >= 4 is 5.97 Å². The van der Waals surface area contributed by atoms with E-state index in [9.17, 15) is 4.79 Å². The van der Waals surface area contributed by atoms with E-state index in [2.05, 4.69) is 5.48 Å². The van der Waals surface area contributed by atoms with Crippen LogP contribution in [0.5, 0.6) is 0 Å². The maximum absolute atomic E-state index is 11.7. The van der Waals surface area contributed by atoms with Gasteiger partial charge in [-0.3, -0.25) is 0 Å². The van der Waals surface area contributed by atoms with E-state index in [0.29, 0.717) is 5.56 Å². The van der Waals surface area contributed by atoms with Crippen molar-refractivity contribution in [2.45, 2.75) is 37.8 Å². The second kappa shape index (κ2) is 5.80. The highest BCUT2D eigenvalue weighted by Gasteiger charge is 2.20. The summed E-state index contributed by atoms with van der Waals surface area (Å²) in [6.07, 6.45) is 4.02. The number of nitrogens with two attached hydrogens (primary N) is 1. The molecule has 1 aliphatic rings. The third kappa shape index (κ3) is 3.54. The Morgan fingerprint density at radius 2 is 2.06 bits per heavy atom. The lowest BCUT2D eigenvalue weighted by atomic mass is 9.92. The van der Waals surface area contributed by atoms with E-state index in [4.69, 9.17) is 10.6 Å². The van der Waals surface area contributed by atoms with E-state index in [-0.39, 0.29) is 18.1 Å². The number of carbonyl (C=O) groups is 1. The van der Waals surface area contributed by atoms with Crippen LogP contribution in [0.3, 0.4) is 0 Å². The third-order valence-electron chi connectivity index (χ3n) is 3.04. The lowest BCUT2D eigenvalue weighted by Gasteiger charge is -2.26. The topological polar surface area (TPSA) is 64.3 Å². The Morgan fingerprint density at radius 1 is 1.29 bits per heavy atom. The fourth-order valence-electron chi connectivity index (χ4n) is 2.10. The molecule has 0 radical (unpaired) electrons. The average Bonchev–Trinajstić information content (AvgIpc) is 2.37. The molecule has 1 aromatic carbocycles. The average molecular weight is 234 g/mol. The Hall–Kier alpha value is -1.39. The van der Waals surface area contributed by atoms with E-state index in [1.54, 1.807) is 12.1 Å². The molecule has 4 nitrogen and oxygen atoms in total. The van der Waals surface area contributed by atoms with Crippen molar-refractivity contribution in [2.24, 2.45) is 5.73 Å². The number of carbonyl (C=O) groups excluding carboxylic acids is 1. The number of benzene rings is 1. The summed E-state index contributed by atoms with van der Waals surface area (Å²) in [5.41, 5.74) is 9.24. The molecule has 1 fully saturated rings. The zero-order valence-corrected chi connectivity index (χ0v) is 9.76. The van der Waals surface area contributed by atoms with Gasteiger partial charge in [0.2, 0.25) is 0 Å². The second-order valence-corrected chi connectivity index (χ2v) is 4.50. The molecule has 1 saturated carbocycles. The van der Waals surface area contributed by atoms with Crippen molar-refractivity contribution in [3.05, 3.63) is 35.9 Å². The first-order valence-electron chi connectivity index (χ1n) is 6.03. The van der Waals surface area contributed by atoms with Gasteiger partial charge in [0.25, 0.3) is 0 Å². The lowest BCUT2D eigenvalue weighted by molar-refractivity contribution is 0.0104. The fourth-order valence-corrected chi connectivity index (χ4v) is 2.10. The largest absolute Gasteiger partial charge is 0.366 e. The SMILES string of the molecule is N[C@@H]1CCC[C@H](NOC(=O)c2ccccc2)C1. The van der Waals surface area contributed by atoms with E-state index >= 15 is 0 Å². The molecule has 0 aliphatic heterocycles. The molecular formula is C13H18N2O2. The molecule has 0 saturated heterocycles. The zero-order valence-electron chi connectivity index (χ0n) is 9.76. The molecule has 0 spiro atoms. The van der Waals surface area contributed by atoms with Crippen molar-refractivity contribution in [3.8, 4) is 0 Å². The molecular weight excluding hydrogens is 216 g/mol. The van der Waals surface area contributed by atoms with Crippen LogP contribution in [0.4, 0.5) is 0 Å². The fraction of sp³-hybridized carbons (Fsp3) is 0.462. The summed E-state index contributed by atoms with van der Waals surface area (Å²) in [7, 11) is 0. The predicted molar refractivity (Wildman–Crippen MR) is 65.2 cm³/mol. The molecule has 2 atom stereocenters. The number of nitrogens with one attached hydrogen (secondary N) is 1. The molecule has 0 bridgehead atoms. The first-order chi connectivity index (χ1) is 8.25. The van der Waals surface area contributed by atoms with Gasteiger partial charge in [-0.2, -0.15) is 0 Å². The van der Waals surface area contributed by atoms with E-state index < -0.39 is 0 Å². The van der Waals surface area contributed by atoms with Gasteiger partial charge < -0.3 is 10.6 Å². The summed E-state index contributed by atoms with van der Waals surface area (Å²) in [6.45, 7) is 0. The monoisotopic (exact) mass is 234 g/mol. The van der Waals surface area contributed by atoms with Gasteiger partial charge in [-0.05, 0) is 31.4 Å². The van der Waals surface area contributed by atoms with Gasteiger partial charge in [-0.1, -0.05) is 24.6 Å². The molecule has 0 heterocycles. The number of hydrogen-bond acceptors (Lipinski definition) is 4. The normalized spacial score (nSPS) is 24.3. The molecule has 1 aliphatic carbocycles. The van der Waals surface area contributed by atoms with Crippen LogP contribution < -0.4 is 11.2 Å². The molecule has 1 aromatic rings. The van der Waals surface area contributed by atoms with Gasteiger partial charge >= 0.3 is 5.97 Å². The molecule has 0 amide bonds. The molecule has 3 N–H and O–H groups in total. The van der Waals surface area contributed by atoms with Crippen LogP contribution in [0.15, 0.2) is 30.3 Å². The van der Waals surface area contributed by atoms with E-state index in [0.717, 1.165) is 25.7 Å². The van der Waals surface area contributed by atoms with Crippen molar-refractivity contribution in [3.63, 3.8) is 0 Å². The summed E-state index contributed by atoms with van der Waals surface area (Å²) < 4.78 is 0. The van der Waals surface area contributed by atoms with Crippen molar-refractivity contribution < 1.29 is 9.63 Å². The highest BCUT2D eigenvalue weighted by Crippen LogP contribution is 2.16. The van der Waals surface area contributed by atoms with E-state index in [1.165, 1.54) is 0 Å². The van der Waals surface area contributed by atoms with Crippen LogP contribution in [-0.2, 0) is 4.84 Å². The quantitative estimate of drug-likeness (QED) is 0.780. The van der Waals surface area contributed by atoms with Gasteiger partial charge in [0.15, 0.2) is 0 Å². The maximum atomic E-state index is 11.7. The van der Waals surface area contributed by atoms with Gasteiger partial charge in [-0.25, -0.2) is 4.79 Å². The van der Waals surface area contributed by atoms with Crippen molar-refractivity contribution in [2.75, 3.05) is 0 Å². The van der Waals surface area contributed by atoms with Crippen LogP contribution in [0.25, 0.3) is 0 Å². The molecule has 2 rings (SSSR count). The second-order valence-electron chi connectivity index (χ2n) is 4.50. The lowest BCUT2D eigenvalue weighted by Crippen LogP contribution is -2.40. The molecule has 4 heteroatoms. The summed E-state index contributed by atoms with van der Waals surface area (Å²) in [6, 6.07) is 9.36. The Bertz CT molecular complexity index is 367. The maximum Gasteiger partial charge on any atom is 0.356 e. The van der Waals surface area contributed by atoms with Crippen LogP contribution in [0.2, 0.25) is 0 Å². The van der Waals surface area contributed by atoms with Gasteiger partial charge in [0.1, 0.15) is 0 Å². The third-order valence-corrected chi connectivity index (χ3v) is 3.04. The van der Waals surface area contributed by atoms with Crippen LogP contribution in [-0.4, -0.2) is 18.1 Å². The number of rotatable bonds is 3. The van der Waals surface area contributed by atoms with Gasteiger partial charge in [0.05, 0.1) is 5.56 Å². The first-order valence-corrected chi connectivity index (χ1v) is 6.03. The van der Waals surface area contributed by atoms with Crippen LogP contribution in [0, 0.1) is 0 Å². The van der Waals surface area contributed by atoms with E-state index in [1.807, 2.05) is 18.2 Å². The minimum atomic E-state index is -0.343. The standard InChI is InChI=1S/C13H18N2O2/c14-11-7-4-8-12(9-11)15-17-13(16)10-5-2-1-3-6-10/h1-3,5-6,11-12,15H,4,7-9,14H2/t11-,12+/m1/s1. The minimum absolute atomic E-state index is 0.186. The Kier molecular flexibility index (Phi) is 4.12. The minimum Gasteiger partial charge on any atom is -0.366 e. The zero-order chi connectivity index (χ0) is 12.1. The molecule has 17 heavy (non-hydrogen) atoms. The van der Waals surface area contributed by atoms with Crippen LogP contribution >= 0.6 is 0 Å². The van der Waals surface area contributed by atoms with Crippen molar-refractivity contribution in [1.82, 2.24) is 5.48 Å². The summed E-state index contributed by atoms with van der Waals surface area (Å²) in [4.78, 5) is 16.7.